The number of methoxy groups -OCH3 is 1. The van der Waals surface area contributed by atoms with Gasteiger partial charge in [0.05, 0.1) is 19.6 Å². The third-order valence-electron chi connectivity index (χ3n) is 1.65. The van der Waals surface area contributed by atoms with Crippen LogP contribution in [0.15, 0.2) is 0 Å². The lowest BCUT2D eigenvalue weighted by molar-refractivity contribution is -0.146. The van der Waals surface area contributed by atoms with Crippen molar-refractivity contribution in [3.63, 3.8) is 0 Å². The molecule has 0 rings (SSSR count). The highest BCUT2D eigenvalue weighted by atomic mass is 16.6. The predicted molar refractivity (Wildman–Crippen MR) is 56.8 cm³/mol. The minimum atomic E-state index is -0.766. The molecule has 0 spiro atoms. The van der Waals surface area contributed by atoms with Gasteiger partial charge in [-0.25, -0.2) is 4.79 Å². The molecule has 0 aliphatic carbocycles. The van der Waals surface area contributed by atoms with Crippen LogP contribution >= 0.6 is 0 Å². The third kappa shape index (κ3) is 6.23. The quantitative estimate of drug-likeness (QED) is 0.682. The number of amides is 1. The molecule has 2 N–H and O–H groups in total. The predicted octanol–water partition coefficient (Wildman–Crippen LogP) is 0.293. The number of rotatable bonds is 4. The average molecular weight is 233 g/mol. The highest BCUT2D eigenvalue weighted by Gasteiger charge is 2.21. The minimum Gasteiger partial charge on any atom is -0.469 e. The fourth-order valence-electron chi connectivity index (χ4n) is 0.910. The first kappa shape index (κ1) is 14.7. The van der Waals surface area contributed by atoms with E-state index in [4.69, 9.17) is 9.84 Å². The van der Waals surface area contributed by atoms with E-state index in [1.54, 1.807) is 20.8 Å². The Labute approximate surface area is 94.9 Å². The van der Waals surface area contributed by atoms with Crippen molar-refractivity contribution >= 4 is 12.1 Å². The molecule has 1 unspecified atom stereocenters. The van der Waals surface area contributed by atoms with E-state index in [1.807, 2.05) is 0 Å². The van der Waals surface area contributed by atoms with Crippen LogP contribution in [0.3, 0.4) is 0 Å². The fourth-order valence-corrected chi connectivity index (χ4v) is 0.910. The number of aliphatic hydroxyl groups is 1. The molecule has 0 aromatic heterocycles. The molecular formula is C10H19NO5. The van der Waals surface area contributed by atoms with Crippen LogP contribution < -0.4 is 5.32 Å². The minimum absolute atomic E-state index is 0.0158. The maximum atomic E-state index is 11.2. The van der Waals surface area contributed by atoms with Crippen LogP contribution in [0.2, 0.25) is 0 Å². The number of aliphatic hydroxyl groups excluding tert-OH is 1. The highest BCUT2D eigenvalue weighted by Crippen LogP contribution is 2.06. The molecule has 0 aromatic carbocycles. The van der Waals surface area contributed by atoms with Gasteiger partial charge < -0.3 is 19.9 Å². The molecule has 0 saturated carbocycles. The molecule has 0 aliphatic rings. The van der Waals surface area contributed by atoms with Gasteiger partial charge in [-0.2, -0.15) is 0 Å². The zero-order valence-corrected chi connectivity index (χ0v) is 10.1. The smallest absolute Gasteiger partial charge is 0.407 e. The Morgan fingerprint density at radius 3 is 2.31 bits per heavy atom. The van der Waals surface area contributed by atoms with E-state index >= 15 is 0 Å². The van der Waals surface area contributed by atoms with E-state index in [9.17, 15) is 9.59 Å². The standard InChI is InChI=1S/C10H19NO5/c1-10(2,3)16-9(14)11-5-7(6-12)8(13)15-4/h7,12H,5-6H2,1-4H3,(H,11,14). The molecule has 1 atom stereocenters. The van der Waals surface area contributed by atoms with E-state index in [1.165, 1.54) is 7.11 Å². The number of ether oxygens (including phenoxy) is 2. The van der Waals surface area contributed by atoms with Gasteiger partial charge in [0.2, 0.25) is 0 Å². The van der Waals surface area contributed by atoms with Gasteiger partial charge >= 0.3 is 12.1 Å². The third-order valence-corrected chi connectivity index (χ3v) is 1.65. The van der Waals surface area contributed by atoms with Crippen LogP contribution in [-0.2, 0) is 14.3 Å². The molecule has 0 bridgehead atoms. The summed E-state index contributed by atoms with van der Waals surface area (Å²) >= 11 is 0. The van der Waals surface area contributed by atoms with Gasteiger partial charge in [-0.05, 0) is 20.8 Å². The molecule has 0 fully saturated rings. The summed E-state index contributed by atoms with van der Waals surface area (Å²) < 4.78 is 9.41. The lowest BCUT2D eigenvalue weighted by atomic mass is 10.1. The van der Waals surface area contributed by atoms with Crippen LogP contribution in [0, 0.1) is 5.92 Å². The van der Waals surface area contributed by atoms with Crippen molar-refractivity contribution in [2.24, 2.45) is 5.92 Å². The first-order valence-corrected chi connectivity index (χ1v) is 4.95. The van der Waals surface area contributed by atoms with Gasteiger partial charge in [-0.15, -0.1) is 0 Å². The van der Waals surface area contributed by atoms with Gasteiger partial charge in [-0.3, -0.25) is 4.79 Å². The number of carbonyl (C=O) groups excluding carboxylic acids is 2. The molecule has 94 valence electrons. The number of hydrogen-bond donors (Lipinski definition) is 2. The zero-order valence-electron chi connectivity index (χ0n) is 10.1. The van der Waals surface area contributed by atoms with Crippen molar-refractivity contribution in [3.05, 3.63) is 0 Å². The monoisotopic (exact) mass is 233 g/mol. The summed E-state index contributed by atoms with van der Waals surface area (Å²) in [6.45, 7) is 4.80. The van der Waals surface area contributed by atoms with E-state index in [2.05, 4.69) is 10.1 Å². The summed E-state index contributed by atoms with van der Waals surface area (Å²) in [4.78, 5) is 22.3. The fraction of sp³-hybridized carbons (Fsp3) is 0.800. The van der Waals surface area contributed by atoms with Crippen molar-refractivity contribution < 1.29 is 24.2 Å². The molecule has 0 radical (unpaired) electrons. The van der Waals surface area contributed by atoms with Crippen molar-refractivity contribution in [1.82, 2.24) is 5.32 Å². The molecule has 0 saturated heterocycles. The van der Waals surface area contributed by atoms with E-state index in [0.717, 1.165) is 0 Å². The maximum Gasteiger partial charge on any atom is 0.407 e. The molecule has 0 aromatic rings. The topological polar surface area (TPSA) is 84.9 Å². The summed E-state index contributed by atoms with van der Waals surface area (Å²) in [5.74, 6) is -1.34. The van der Waals surface area contributed by atoms with Crippen molar-refractivity contribution in [2.45, 2.75) is 26.4 Å². The maximum absolute atomic E-state index is 11.2. The van der Waals surface area contributed by atoms with Gasteiger partial charge in [0.25, 0.3) is 0 Å². The molecule has 16 heavy (non-hydrogen) atoms. The Bertz CT molecular complexity index is 246. The van der Waals surface area contributed by atoms with Gasteiger partial charge in [0.15, 0.2) is 0 Å². The summed E-state index contributed by atoms with van der Waals surface area (Å²) in [6, 6.07) is 0. The first-order valence-electron chi connectivity index (χ1n) is 4.95. The molecule has 0 aliphatic heterocycles. The molecule has 6 nitrogen and oxygen atoms in total. The number of alkyl carbamates (subject to hydrolysis) is 1. The molecular weight excluding hydrogens is 214 g/mol. The van der Waals surface area contributed by atoms with Gasteiger partial charge in [-0.1, -0.05) is 0 Å². The van der Waals surface area contributed by atoms with Crippen molar-refractivity contribution in [1.29, 1.82) is 0 Å². The van der Waals surface area contributed by atoms with E-state index < -0.39 is 23.6 Å². The SMILES string of the molecule is COC(=O)C(CO)CNC(=O)OC(C)(C)C. The van der Waals surface area contributed by atoms with Gasteiger partial charge in [0.1, 0.15) is 5.60 Å². The van der Waals surface area contributed by atoms with E-state index in [0.29, 0.717) is 0 Å². The Kier molecular flexibility index (Phi) is 5.81. The van der Waals surface area contributed by atoms with Crippen LogP contribution in [-0.4, -0.2) is 43.0 Å². The highest BCUT2D eigenvalue weighted by molar-refractivity contribution is 5.74. The summed E-state index contributed by atoms with van der Waals surface area (Å²) in [5.41, 5.74) is -0.593. The lowest BCUT2D eigenvalue weighted by Crippen LogP contribution is -2.38. The second kappa shape index (κ2) is 6.32. The normalized spacial score (nSPS) is 12.8. The number of carbonyl (C=O) groups is 2. The summed E-state index contributed by atoms with van der Waals surface area (Å²) in [7, 11) is 1.22. The largest absolute Gasteiger partial charge is 0.469 e. The first-order chi connectivity index (χ1) is 7.30. The number of hydrogen-bond acceptors (Lipinski definition) is 5. The number of nitrogens with one attached hydrogen (secondary N) is 1. The lowest BCUT2D eigenvalue weighted by Gasteiger charge is -2.20. The van der Waals surface area contributed by atoms with Crippen LogP contribution in [0.1, 0.15) is 20.8 Å². The van der Waals surface area contributed by atoms with Crippen LogP contribution in [0.4, 0.5) is 4.79 Å². The Morgan fingerprint density at radius 1 is 1.38 bits per heavy atom. The number of esters is 1. The molecule has 6 heteroatoms. The second-order valence-corrected chi connectivity index (χ2v) is 4.29. The molecule has 0 heterocycles. The summed E-state index contributed by atoms with van der Waals surface area (Å²) in [5, 5.41) is 11.3. The molecule has 1 amide bonds. The van der Waals surface area contributed by atoms with Crippen molar-refractivity contribution in [2.75, 3.05) is 20.3 Å². The van der Waals surface area contributed by atoms with Crippen molar-refractivity contribution in [3.8, 4) is 0 Å². The zero-order chi connectivity index (χ0) is 12.8. The Morgan fingerprint density at radius 2 is 1.94 bits per heavy atom. The Balaban J connectivity index is 4.03. The van der Waals surface area contributed by atoms with Crippen LogP contribution in [0.25, 0.3) is 0 Å². The summed E-state index contributed by atoms with van der Waals surface area (Å²) in [6.07, 6.45) is -0.630. The second-order valence-electron chi connectivity index (χ2n) is 4.29. The van der Waals surface area contributed by atoms with E-state index in [-0.39, 0.29) is 13.2 Å². The Hall–Kier alpha value is -1.30. The average Bonchev–Trinajstić information content (AvgIpc) is 2.15. The van der Waals surface area contributed by atoms with Crippen LogP contribution in [0.5, 0.6) is 0 Å². The van der Waals surface area contributed by atoms with Gasteiger partial charge in [0, 0.05) is 6.54 Å².